The topological polar surface area (TPSA) is 45.6 Å². The molecule has 0 bridgehead atoms. The number of hydrogen-bond donors (Lipinski definition) is 0. The van der Waals surface area contributed by atoms with Gasteiger partial charge in [-0.05, 0) is 12.1 Å². The number of hydrogen-bond acceptors (Lipinski definition) is 4. The van der Waals surface area contributed by atoms with Crippen molar-refractivity contribution in [2.45, 2.75) is 5.25 Å². The molecule has 1 aromatic heterocycles. The summed E-state index contributed by atoms with van der Waals surface area (Å²) in [6.07, 6.45) is 3.50. The Bertz CT molecular complexity index is 416. The van der Waals surface area contributed by atoms with Crippen LogP contribution in [0, 0.1) is 0 Å². The van der Waals surface area contributed by atoms with E-state index in [4.69, 9.17) is 0 Å². The highest BCUT2D eigenvalue weighted by Crippen LogP contribution is 2.26. The highest BCUT2D eigenvalue weighted by molar-refractivity contribution is 8.15. The lowest BCUT2D eigenvalue weighted by Gasteiger charge is -2.14. The number of nitrogens with zero attached hydrogens (tertiary/aromatic N) is 3. The molecule has 2 rings (SSSR count). The van der Waals surface area contributed by atoms with Crippen molar-refractivity contribution in [2.24, 2.45) is 4.99 Å². The Morgan fingerprint density at radius 3 is 3.00 bits per heavy atom. The van der Waals surface area contributed by atoms with Crippen LogP contribution in [0.2, 0.25) is 0 Å². The van der Waals surface area contributed by atoms with Crippen LogP contribution < -0.4 is 0 Å². The summed E-state index contributed by atoms with van der Waals surface area (Å²) >= 11 is 1.52. The number of aliphatic imine (C=N–C) groups is 1. The van der Waals surface area contributed by atoms with E-state index >= 15 is 0 Å². The zero-order valence-corrected chi connectivity index (χ0v) is 10.1. The molecule has 1 amide bonds. The molecule has 4 nitrogen and oxygen atoms in total. The SMILES string of the molecule is CN(C)C(=O)[C@@H]1CN=C(c2cccnc2)S1. The van der Waals surface area contributed by atoms with Crippen LogP contribution in [0.25, 0.3) is 0 Å². The summed E-state index contributed by atoms with van der Waals surface area (Å²) < 4.78 is 0. The van der Waals surface area contributed by atoms with Crippen LogP contribution in [-0.4, -0.2) is 46.7 Å². The standard InChI is InChI=1S/C11H13N3OS/c1-14(2)11(15)9-7-13-10(16-9)8-4-3-5-12-6-8/h3-6,9H,7H2,1-2H3/t9-/m0/s1. The summed E-state index contributed by atoms with van der Waals surface area (Å²) in [4.78, 5) is 21.8. The van der Waals surface area contributed by atoms with Gasteiger partial charge in [0, 0.05) is 32.1 Å². The Hall–Kier alpha value is -1.36. The van der Waals surface area contributed by atoms with Crippen LogP contribution in [0.1, 0.15) is 5.56 Å². The van der Waals surface area contributed by atoms with Gasteiger partial charge in [0.15, 0.2) is 0 Å². The largest absolute Gasteiger partial charge is 0.348 e. The molecular formula is C11H13N3OS. The van der Waals surface area contributed by atoms with Gasteiger partial charge in [-0.2, -0.15) is 0 Å². The van der Waals surface area contributed by atoms with Crippen molar-refractivity contribution in [2.75, 3.05) is 20.6 Å². The molecule has 16 heavy (non-hydrogen) atoms. The molecule has 1 aliphatic heterocycles. The predicted molar refractivity (Wildman–Crippen MR) is 65.7 cm³/mol. The minimum atomic E-state index is -0.0785. The second-order valence-corrected chi connectivity index (χ2v) is 4.92. The molecule has 0 saturated carbocycles. The number of pyridine rings is 1. The van der Waals surface area contributed by atoms with E-state index in [1.54, 1.807) is 31.4 Å². The number of rotatable bonds is 2. The molecule has 5 heteroatoms. The van der Waals surface area contributed by atoms with E-state index in [9.17, 15) is 4.79 Å². The van der Waals surface area contributed by atoms with Crippen molar-refractivity contribution in [3.05, 3.63) is 30.1 Å². The van der Waals surface area contributed by atoms with Crippen LogP contribution in [-0.2, 0) is 4.79 Å². The van der Waals surface area contributed by atoms with E-state index in [1.807, 2.05) is 12.1 Å². The van der Waals surface area contributed by atoms with Crippen molar-refractivity contribution in [3.8, 4) is 0 Å². The van der Waals surface area contributed by atoms with E-state index in [1.165, 1.54) is 11.8 Å². The van der Waals surface area contributed by atoms with Crippen molar-refractivity contribution in [1.29, 1.82) is 0 Å². The minimum Gasteiger partial charge on any atom is -0.348 e. The first-order chi connectivity index (χ1) is 7.68. The number of carbonyl (C=O) groups excluding carboxylic acids is 1. The number of amides is 1. The first-order valence-electron chi connectivity index (χ1n) is 5.01. The lowest BCUT2D eigenvalue weighted by molar-refractivity contribution is -0.127. The highest BCUT2D eigenvalue weighted by atomic mass is 32.2. The Labute approximate surface area is 98.8 Å². The first kappa shape index (κ1) is 11.1. The zero-order chi connectivity index (χ0) is 11.5. The maximum Gasteiger partial charge on any atom is 0.237 e. The van der Waals surface area contributed by atoms with Crippen LogP contribution in [0.5, 0.6) is 0 Å². The average Bonchev–Trinajstić information content (AvgIpc) is 2.78. The average molecular weight is 235 g/mol. The zero-order valence-electron chi connectivity index (χ0n) is 9.25. The third-order valence-electron chi connectivity index (χ3n) is 2.28. The molecule has 1 aliphatic rings. The van der Waals surface area contributed by atoms with Gasteiger partial charge in [-0.3, -0.25) is 14.8 Å². The normalized spacial score (nSPS) is 19.4. The number of thioether (sulfide) groups is 1. The number of aromatic nitrogens is 1. The molecule has 0 aromatic carbocycles. The molecule has 0 spiro atoms. The van der Waals surface area contributed by atoms with Crippen LogP contribution in [0.3, 0.4) is 0 Å². The molecule has 1 aromatic rings. The van der Waals surface area contributed by atoms with Gasteiger partial charge in [-0.15, -0.1) is 0 Å². The van der Waals surface area contributed by atoms with E-state index in [0.717, 1.165) is 10.6 Å². The van der Waals surface area contributed by atoms with Gasteiger partial charge in [0.1, 0.15) is 10.3 Å². The lowest BCUT2D eigenvalue weighted by atomic mass is 10.3. The van der Waals surface area contributed by atoms with E-state index in [0.29, 0.717) is 6.54 Å². The van der Waals surface area contributed by atoms with Crippen molar-refractivity contribution < 1.29 is 4.79 Å². The molecule has 0 radical (unpaired) electrons. The van der Waals surface area contributed by atoms with Crippen LogP contribution in [0.4, 0.5) is 0 Å². The Balaban J connectivity index is 2.06. The van der Waals surface area contributed by atoms with Crippen molar-refractivity contribution in [1.82, 2.24) is 9.88 Å². The van der Waals surface area contributed by atoms with E-state index in [-0.39, 0.29) is 11.2 Å². The fourth-order valence-electron chi connectivity index (χ4n) is 1.44. The summed E-state index contributed by atoms with van der Waals surface area (Å²) in [6.45, 7) is 0.561. The summed E-state index contributed by atoms with van der Waals surface area (Å²) in [5.74, 6) is 0.118. The van der Waals surface area contributed by atoms with Gasteiger partial charge in [0.25, 0.3) is 0 Å². The fraction of sp³-hybridized carbons (Fsp3) is 0.364. The molecule has 0 unspecified atom stereocenters. The quantitative estimate of drug-likeness (QED) is 0.769. The third-order valence-corrected chi connectivity index (χ3v) is 3.50. The van der Waals surface area contributed by atoms with Crippen LogP contribution >= 0.6 is 11.8 Å². The minimum absolute atomic E-state index is 0.0785. The molecule has 0 fully saturated rings. The fourth-order valence-corrected chi connectivity index (χ4v) is 2.58. The Kier molecular flexibility index (Phi) is 3.24. The molecular weight excluding hydrogens is 222 g/mol. The summed E-state index contributed by atoms with van der Waals surface area (Å²) in [5, 5.41) is 0.832. The van der Waals surface area contributed by atoms with Crippen molar-refractivity contribution in [3.63, 3.8) is 0 Å². The van der Waals surface area contributed by atoms with Gasteiger partial charge in [-0.25, -0.2) is 0 Å². The van der Waals surface area contributed by atoms with Gasteiger partial charge in [0.2, 0.25) is 5.91 Å². The molecule has 0 aliphatic carbocycles. The van der Waals surface area contributed by atoms with Gasteiger partial charge >= 0.3 is 0 Å². The maximum absolute atomic E-state index is 11.7. The molecule has 2 heterocycles. The van der Waals surface area contributed by atoms with Crippen molar-refractivity contribution >= 4 is 22.7 Å². The molecule has 0 saturated heterocycles. The van der Waals surface area contributed by atoms with Gasteiger partial charge in [-0.1, -0.05) is 11.8 Å². The molecule has 0 N–H and O–H groups in total. The van der Waals surface area contributed by atoms with E-state index < -0.39 is 0 Å². The van der Waals surface area contributed by atoms with E-state index in [2.05, 4.69) is 9.98 Å². The Morgan fingerprint density at radius 2 is 2.38 bits per heavy atom. The Morgan fingerprint density at radius 1 is 1.56 bits per heavy atom. The summed E-state index contributed by atoms with van der Waals surface area (Å²) in [5.41, 5.74) is 0.988. The van der Waals surface area contributed by atoms with Gasteiger partial charge < -0.3 is 4.90 Å². The number of carbonyl (C=O) groups is 1. The smallest absolute Gasteiger partial charge is 0.237 e. The second-order valence-electron chi connectivity index (χ2n) is 3.73. The van der Waals surface area contributed by atoms with Gasteiger partial charge in [0.05, 0.1) is 6.54 Å². The third kappa shape index (κ3) is 2.24. The molecule has 84 valence electrons. The van der Waals surface area contributed by atoms with Crippen LogP contribution in [0.15, 0.2) is 29.5 Å². The first-order valence-corrected chi connectivity index (χ1v) is 5.89. The molecule has 1 atom stereocenters. The maximum atomic E-state index is 11.7. The summed E-state index contributed by atoms with van der Waals surface area (Å²) in [6, 6.07) is 3.83. The highest BCUT2D eigenvalue weighted by Gasteiger charge is 2.28. The second kappa shape index (κ2) is 4.65. The monoisotopic (exact) mass is 235 g/mol. The predicted octanol–water partition coefficient (Wildman–Crippen LogP) is 1.03. The lowest BCUT2D eigenvalue weighted by Crippen LogP contribution is -2.32. The summed E-state index contributed by atoms with van der Waals surface area (Å²) in [7, 11) is 3.54.